The summed E-state index contributed by atoms with van der Waals surface area (Å²) in [5.41, 5.74) is 0. The van der Waals surface area contributed by atoms with Crippen molar-refractivity contribution in [3.05, 3.63) is 0 Å². The summed E-state index contributed by atoms with van der Waals surface area (Å²) >= 11 is 0. The van der Waals surface area contributed by atoms with E-state index >= 15 is 0 Å². The average molecular weight is 491 g/mol. The van der Waals surface area contributed by atoms with Crippen molar-refractivity contribution < 1.29 is 29.4 Å². The summed E-state index contributed by atoms with van der Waals surface area (Å²) in [6, 6.07) is 0. The first-order valence-corrected chi connectivity index (χ1v) is 26.2. The van der Waals surface area contributed by atoms with Crippen LogP contribution in [-0.2, 0) is 29.4 Å². The Balaban J connectivity index is 5.56. The summed E-state index contributed by atoms with van der Waals surface area (Å²) in [5.74, 6) is 0. The van der Waals surface area contributed by atoms with Crippen LogP contribution >= 0.6 is 0 Å². The zero-order valence-corrected chi connectivity index (χ0v) is 25.9. The number of hydrogen-bond donors (Lipinski definition) is 0. The van der Waals surface area contributed by atoms with E-state index in [1.165, 1.54) is 0 Å². The predicted molar refractivity (Wildman–Crippen MR) is 124 cm³/mol. The Kier molecular flexibility index (Phi) is 9.80. The van der Waals surface area contributed by atoms with E-state index in [0.717, 1.165) is 0 Å². The molecule has 0 fully saturated rings. The van der Waals surface area contributed by atoms with E-state index in [4.69, 9.17) is 29.4 Å². The van der Waals surface area contributed by atoms with Crippen molar-refractivity contribution in [2.45, 2.75) is 78.6 Å². The molecule has 0 aromatic heterocycles. The molecule has 0 amide bonds. The predicted octanol–water partition coefficient (Wildman–Crippen LogP) is 4.57. The van der Waals surface area contributed by atoms with Crippen molar-refractivity contribution in [3.8, 4) is 0 Å². The third-order valence-electron chi connectivity index (χ3n) is 3.32. The Hall–Kier alpha value is 1.02. The zero-order valence-electron chi connectivity index (χ0n) is 19.9. The smallest absolute Gasteiger partial charge is 0.437 e. The van der Waals surface area contributed by atoms with E-state index in [9.17, 15) is 0 Å². The van der Waals surface area contributed by atoms with Crippen LogP contribution in [0.3, 0.4) is 0 Å². The molecule has 0 saturated carbocycles. The second-order valence-corrected chi connectivity index (χ2v) is 31.5. The fraction of sp³-hybridized carbons (Fsp3) is 1.00. The number of rotatable bonds is 12. The number of hydrogen-bond acceptors (Lipinski definition) is 7. The Labute approximate surface area is 173 Å². The second-order valence-electron chi connectivity index (χ2n) is 9.49. The SMILES string of the molecule is CO[Si](C)(C)O[Si](C)(O[Si](C)(C)OC)O[Si](C)(C)O[Si](C)(C)O[Si](C)(C)C. The molecular formula is C14H42O7Si6. The van der Waals surface area contributed by atoms with Gasteiger partial charge in [0.1, 0.15) is 0 Å². The molecule has 13 heteroatoms. The molecule has 0 aromatic carbocycles. The van der Waals surface area contributed by atoms with Gasteiger partial charge in [-0.15, -0.1) is 0 Å². The van der Waals surface area contributed by atoms with Gasteiger partial charge in [0.15, 0.2) is 8.32 Å². The van der Waals surface area contributed by atoms with Gasteiger partial charge in [-0.25, -0.2) is 0 Å². The lowest BCUT2D eigenvalue weighted by Gasteiger charge is -2.43. The highest BCUT2D eigenvalue weighted by molar-refractivity contribution is 6.90. The topological polar surface area (TPSA) is 64.6 Å². The van der Waals surface area contributed by atoms with Crippen LogP contribution in [0.15, 0.2) is 0 Å². The minimum Gasteiger partial charge on any atom is -0.437 e. The molecule has 0 rings (SSSR count). The maximum absolute atomic E-state index is 6.54. The van der Waals surface area contributed by atoms with E-state index in [1.54, 1.807) is 14.2 Å². The van der Waals surface area contributed by atoms with Crippen LogP contribution in [0, 0.1) is 0 Å². The fourth-order valence-corrected chi connectivity index (χ4v) is 27.6. The van der Waals surface area contributed by atoms with Crippen molar-refractivity contribution in [2.75, 3.05) is 14.2 Å². The Bertz CT molecular complexity index is 461. The van der Waals surface area contributed by atoms with E-state index < -0.39 is 51.4 Å². The first-order valence-electron chi connectivity index (χ1n) is 9.27. The summed E-state index contributed by atoms with van der Waals surface area (Å²) in [6.07, 6.45) is 0. The van der Waals surface area contributed by atoms with Gasteiger partial charge in [0.05, 0.1) is 0 Å². The Morgan fingerprint density at radius 1 is 0.370 bits per heavy atom. The molecular weight excluding hydrogens is 449 g/mol. The van der Waals surface area contributed by atoms with E-state index in [0.29, 0.717) is 0 Å². The van der Waals surface area contributed by atoms with Crippen LogP contribution in [0.1, 0.15) is 0 Å². The quantitative estimate of drug-likeness (QED) is 0.371. The summed E-state index contributed by atoms with van der Waals surface area (Å²) in [5, 5.41) is 0. The van der Waals surface area contributed by atoms with Crippen LogP contribution in [0.5, 0.6) is 0 Å². The summed E-state index contributed by atoms with van der Waals surface area (Å²) < 4.78 is 43.3. The molecule has 0 N–H and O–H groups in total. The molecule has 0 saturated heterocycles. The Morgan fingerprint density at radius 2 is 0.667 bits per heavy atom. The van der Waals surface area contributed by atoms with Gasteiger partial charge < -0.3 is 29.4 Å². The van der Waals surface area contributed by atoms with Gasteiger partial charge in [-0.2, -0.15) is 0 Å². The van der Waals surface area contributed by atoms with Gasteiger partial charge in [-0.1, -0.05) is 0 Å². The maximum Gasteiger partial charge on any atom is 0.470 e. The monoisotopic (exact) mass is 490 g/mol. The molecule has 0 heterocycles. The van der Waals surface area contributed by atoms with Crippen LogP contribution < -0.4 is 0 Å². The third-order valence-corrected chi connectivity index (χ3v) is 24.0. The highest BCUT2D eigenvalue weighted by atomic mass is 28.5. The lowest BCUT2D eigenvalue weighted by molar-refractivity contribution is 0.174. The van der Waals surface area contributed by atoms with Gasteiger partial charge in [-0.3, -0.25) is 0 Å². The van der Waals surface area contributed by atoms with Crippen LogP contribution in [-0.4, -0.2) is 65.6 Å². The van der Waals surface area contributed by atoms with Crippen molar-refractivity contribution in [2.24, 2.45) is 0 Å². The van der Waals surface area contributed by atoms with E-state index in [1.807, 2.05) is 45.8 Å². The normalized spacial score (nSPS) is 15.3. The standard InChI is InChI=1S/C14H42O7Si6/c1-15-23(6,7)19-27(14,20-24(8,9)16-2)21-26(12,13)18-25(10,11)17-22(3,4)5/h1-14H3. The summed E-state index contributed by atoms with van der Waals surface area (Å²) in [7, 11) is -11.2. The lowest BCUT2D eigenvalue weighted by Crippen LogP contribution is -2.63. The zero-order chi connectivity index (χ0) is 21.9. The molecule has 0 bridgehead atoms. The molecule has 0 radical (unpaired) electrons. The third kappa shape index (κ3) is 12.3. The minimum atomic E-state index is -3.07. The van der Waals surface area contributed by atoms with E-state index in [2.05, 4.69) is 32.7 Å². The molecule has 0 aliphatic heterocycles. The minimum absolute atomic E-state index is 1.66. The molecule has 0 atom stereocenters. The van der Waals surface area contributed by atoms with Gasteiger partial charge in [0.2, 0.25) is 0 Å². The first kappa shape index (κ1) is 28.0. The molecule has 164 valence electrons. The molecule has 0 aliphatic rings. The lowest BCUT2D eigenvalue weighted by atomic mass is 11.8. The van der Waals surface area contributed by atoms with Crippen molar-refractivity contribution in [1.82, 2.24) is 0 Å². The Morgan fingerprint density at radius 3 is 0.963 bits per heavy atom. The molecule has 0 spiro atoms. The highest BCUT2D eigenvalue weighted by Crippen LogP contribution is 2.28. The van der Waals surface area contributed by atoms with Gasteiger partial charge in [0.25, 0.3) is 0 Å². The average Bonchev–Trinajstić information content (AvgIpc) is 2.30. The van der Waals surface area contributed by atoms with Crippen molar-refractivity contribution in [3.63, 3.8) is 0 Å². The van der Waals surface area contributed by atoms with Crippen LogP contribution in [0.25, 0.3) is 0 Å². The van der Waals surface area contributed by atoms with Crippen molar-refractivity contribution in [1.29, 1.82) is 0 Å². The molecule has 7 nitrogen and oxygen atoms in total. The molecule has 0 unspecified atom stereocenters. The van der Waals surface area contributed by atoms with E-state index in [-0.39, 0.29) is 0 Å². The van der Waals surface area contributed by atoms with Crippen LogP contribution in [0.2, 0.25) is 78.6 Å². The largest absolute Gasteiger partial charge is 0.470 e. The molecule has 0 aromatic rings. The first-order chi connectivity index (χ1) is 11.7. The van der Waals surface area contributed by atoms with Gasteiger partial charge in [-0.05, 0) is 72.0 Å². The second kappa shape index (κ2) is 9.44. The van der Waals surface area contributed by atoms with Gasteiger partial charge >= 0.3 is 43.0 Å². The highest BCUT2D eigenvalue weighted by Gasteiger charge is 2.52. The summed E-state index contributed by atoms with van der Waals surface area (Å²) in [4.78, 5) is 0. The molecule has 27 heavy (non-hydrogen) atoms. The molecule has 0 aliphatic carbocycles. The maximum atomic E-state index is 6.54. The summed E-state index contributed by atoms with van der Waals surface area (Å²) in [6.45, 7) is 24.6. The van der Waals surface area contributed by atoms with Crippen molar-refractivity contribution >= 4 is 51.4 Å². The van der Waals surface area contributed by atoms with Gasteiger partial charge in [0, 0.05) is 20.8 Å². The fourth-order valence-electron chi connectivity index (χ4n) is 2.86. The van der Waals surface area contributed by atoms with Crippen LogP contribution in [0.4, 0.5) is 0 Å².